The Labute approximate surface area is 236 Å². The normalized spacial score (nSPS) is 17.1. The van der Waals surface area contributed by atoms with Gasteiger partial charge in [-0.2, -0.15) is 0 Å². The molecule has 11 nitrogen and oxygen atoms in total. The Morgan fingerprint density at radius 1 is 1.15 bits per heavy atom. The lowest BCUT2D eigenvalue weighted by Gasteiger charge is -2.37. The van der Waals surface area contributed by atoms with Crippen molar-refractivity contribution in [1.82, 2.24) is 24.0 Å². The van der Waals surface area contributed by atoms with Gasteiger partial charge in [0.2, 0.25) is 0 Å². The molecule has 2 fully saturated rings. The van der Waals surface area contributed by atoms with Gasteiger partial charge in [0.25, 0.3) is 5.91 Å². The summed E-state index contributed by atoms with van der Waals surface area (Å²) in [7, 11) is 0. The molecule has 0 unspecified atom stereocenters. The summed E-state index contributed by atoms with van der Waals surface area (Å²) in [5.74, 6) is -0.368. The van der Waals surface area contributed by atoms with Crippen LogP contribution >= 0.6 is 11.3 Å². The largest absolute Gasteiger partial charge is 0.444 e. The number of rotatable bonds is 5. The van der Waals surface area contributed by atoms with E-state index in [-0.39, 0.29) is 29.4 Å². The van der Waals surface area contributed by atoms with Crippen LogP contribution in [0.5, 0.6) is 0 Å². The Kier molecular flexibility index (Phi) is 6.73. The smallest absolute Gasteiger partial charge is 0.410 e. The Bertz CT molecular complexity index is 1530. The van der Waals surface area contributed by atoms with Gasteiger partial charge in [-0.05, 0) is 58.6 Å². The molecular formula is C28H33N7O4S. The van der Waals surface area contributed by atoms with Crippen molar-refractivity contribution >= 4 is 40.8 Å². The summed E-state index contributed by atoms with van der Waals surface area (Å²) in [5, 5.41) is 5.15. The highest BCUT2D eigenvalue weighted by Gasteiger charge is 2.33. The molecule has 1 aliphatic heterocycles. The standard InChI is InChI=1S/C28H33N7O4S/c1-28(2,3)39-27(38)33-14-12-32(13-15-33)21-10-11-29-16-19(21)30-24(36)20-17-40-25(31-20)35-23-7-5-4-6-22(23)34(26(35)37)18-8-9-18/h4,6,10-11,16-18H,5,7-9,12-15H2,1-3H3,(H,30,36). The number of thiazole rings is 1. The maximum absolute atomic E-state index is 13.4. The van der Waals surface area contributed by atoms with Gasteiger partial charge < -0.3 is 19.9 Å². The molecule has 1 N–H and O–H groups in total. The first kappa shape index (κ1) is 26.3. The molecule has 2 amide bonds. The van der Waals surface area contributed by atoms with Gasteiger partial charge in [-0.3, -0.25) is 14.3 Å². The maximum Gasteiger partial charge on any atom is 0.410 e. The highest BCUT2D eigenvalue weighted by atomic mass is 32.1. The molecule has 0 radical (unpaired) electrons. The number of hydrogen-bond donors (Lipinski definition) is 1. The molecule has 0 bridgehead atoms. The second kappa shape index (κ2) is 10.2. The minimum atomic E-state index is -0.544. The molecule has 1 saturated carbocycles. The van der Waals surface area contributed by atoms with E-state index < -0.39 is 5.60 Å². The maximum atomic E-state index is 13.4. The molecule has 6 rings (SSSR count). The van der Waals surface area contributed by atoms with Crippen LogP contribution in [-0.4, -0.2) is 67.8 Å². The van der Waals surface area contributed by atoms with Crippen LogP contribution in [0.3, 0.4) is 0 Å². The van der Waals surface area contributed by atoms with E-state index in [1.54, 1.807) is 27.2 Å². The number of anilines is 2. The Morgan fingerprint density at radius 3 is 2.65 bits per heavy atom. The monoisotopic (exact) mass is 563 g/mol. The summed E-state index contributed by atoms with van der Waals surface area (Å²) >= 11 is 1.29. The summed E-state index contributed by atoms with van der Waals surface area (Å²) < 4.78 is 9.07. The summed E-state index contributed by atoms with van der Waals surface area (Å²) in [4.78, 5) is 51.7. The van der Waals surface area contributed by atoms with Crippen molar-refractivity contribution in [1.29, 1.82) is 0 Å². The Morgan fingerprint density at radius 2 is 1.93 bits per heavy atom. The fourth-order valence-electron chi connectivity index (χ4n) is 5.17. The van der Waals surface area contributed by atoms with Crippen molar-refractivity contribution in [2.24, 2.45) is 0 Å². The number of allylic oxidation sites excluding steroid dienone is 1. The number of carbonyl (C=O) groups excluding carboxylic acids is 2. The molecule has 3 aromatic rings. The van der Waals surface area contributed by atoms with Crippen LogP contribution in [0.25, 0.3) is 11.2 Å². The highest BCUT2D eigenvalue weighted by Crippen LogP contribution is 2.37. The number of nitrogens with one attached hydrogen (secondary N) is 1. The van der Waals surface area contributed by atoms with E-state index in [4.69, 9.17) is 4.74 Å². The lowest BCUT2D eigenvalue weighted by atomic mass is 10.1. The van der Waals surface area contributed by atoms with Crippen LogP contribution in [0.1, 0.15) is 68.0 Å². The molecule has 2 aliphatic carbocycles. The fraction of sp³-hybridized carbons (Fsp3) is 0.464. The predicted octanol–water partition coefficient (Wildman–Crippen LogP) is 4.09. The molecule has 0 spiro atoms. The van der Waals surface area contributed by atoms with Crippen LogP contribution < -0.4 is 15.9 Å². The van der Waals surface area contributed by atoms with E-state index in [1.165, 1.54) is 11.3 Å². The van der Waals surface area contributed by atoms with Gasteiger partial charge >= 0.3 is 11.8 Å². The van der Waals surface area contributed by atoms with E-state index in [1.807, 2.05) is 37.5 Å². The van der Waals surface area contributed by atoms with Crippen LogP contribution in [0.4, 0.5) is 16.2 Å². The molecule has 210 valence electrons. The predicted molar refractivity (Wildman–Crippen MR) is 154 cm³/mol. The number of hydrogen-bond acceptors (Lipinski definition) is 8. The molecule has 0 atom stereocenters. The third-order valence-electron chi connectivity index (χ3n) is 7.19. The lowest BCUT2D eigenvalue weighted by Crippen LogP contribution is -2.50. The van der Waals surface area contributed by atoms with Crippen molar-refractivity contribution in [2.45, 2.75) is 58.1 Å². The average Bonchev–Trinajstić information content (AvgIpc) is 3.55. The third-order valence-corrected chi connectivity index (χ3v) is 8.02. The molecule has 3 aliphatic rings. The first-order chi connectivity index (χ1) is 19.2. The SMILES string of the molecule is CC(C)(C)OC(=O)N1CCN(c2ccncc2NC(=O)c2csc(-n3c4c(n(C5CC5)c3=O)C=CCC4)n2)CC1. The van der Waals surface area contributed by atoms with Gasteiger partial charge in [0, 0.05) is 43.8 Å². The molecule has 12 heteroatoms. The van der Waals surface area contributed by atoms with E-state index in [0.29, 0.717) is 37.0 Å². The van der Waals surface area contributed by atoms with Crippen LogP contribution in [0.15, 0.2) is 34.7 Å². The second-order valence-corrected chi connectivity index (χ2v) is 12.1. The van der Waals surface area contributed by atoms with Gasteiger partial charge in [0.1, 0.15) is 11.3 Å². The summed E-state index contributed by atoms with van der Waals surface area (Å²) in [5.41, 5.74) is 2.93. The molecule has 1 saturated heterocycles. The molecular weight excluding hydrogens is 530 g/mol. The number of nitrogens with zero attached hydrogens (tertiary/aromatic N) is 6. The quantitative estimate of drug-likeness (QED) is 0.497. The van der Waals surface area contributed by atoms with Crippen LogP contribution in [-0.2, 0) is 11.2 Å². The number of pyridine rings is 1. The van der Waals surface area contributed by atoms with Crippen molar-refractivity contribution in [2.75, 3.05) is 36.4 Å². The zero-order chi connectivity index (χ0) is 28.0. The van der Waals surface area contributed by atoms with Crippen molar-refractivity contribution in [3.05, 3.63) is 57.5 Å². The van der Waals surface area contributed by atoms with Crippen molar-refractivity contribution in [3.63, 3.8) is 0 Å². The number of amides is 2. The number of ether oxygens (including phenoxy) is 1. The minimum Gasteiger partial charge on any atom is -0.444 e. The first-order valence-corrected chi connectivity index (χ1v) is 14.5. The van der Waals surface area contributed by atoms with Crippen molar-refractivity contribution < 1.29 is 14.3 Å². The zero-order valence-corrected chi connectivity index (χ0v) is 23.7. The number of piperazine rings is 1. The van der Waals surface area contributed by atoms with E-state index in [9.17, 15) is 14.4 Å². The summed E-state index contributed by atoms with van der Waals surface area (Å²) in [6.07, 6.45) is 10.8. The molecule has 3 aromatic heterocycles. The third kappa shape index (κ3) is 5.15. The van der Waals surface area contributed by atoms with E-state index in [2.05, 4.69) is 26.3 Å². The lowest BCUT2D eigenvalue weighted by molar-refractivity contribution is 0.0240. The number of fused-ring (bicyclic) bond motifs is 1. The second-order valence-electron chi connectivity index (χ2n) is 11.3. The van der Waals surface area contributed by atoms with Gasteiger partial charge in [0.05, 0.1) is 29.0 Å². The highest BCUT2D eigenvalue weighted by molar-refractivity contribution is 7.12. The van der Waals surface area contributed by atoms with E-state index >= 15 is 0 Å². The van der Waals surface area contributed by atoms with Gasteiger partial charge in [0.15, 0.2) is 5.13 Å². The number of imidazole rings is 1. The van der Waals surface area contributed by atoms with E-state index in [0.717, 1.165) is 42.8 Å². The van der Waals surface area contributed by atoms with Gasteiger partial charge in [-0.15, -0.1) is 11.3 Å². The minimum absolute atomic E-state index is 0.0829. The summed E-state index contributed by atoms with van der Waals surface area (Å²) in [6.45, 7) is 7.76. The Hall–Kier alpha value is -3.93. The molecule has 0 aromatic carbocycles. The zero-order valence-electron chi connectivity index (χ0n) is 22.9. The van der Waals surface area contributed by atoms with Crippen molar-refractivity contribution in [3.8, 4) is 5.13 Å². The first-order valence-electron chi connectivity index (χ1n) is 13.7. The average molecular weight is 564 g/mol. The number of aromatic nitrogens is 4. The number of carbonyl (C=O) groups is 2. The van der Waals surface area contributed by atoms with Crippen LogP contribution in [0, 0.1) is 0 Å². The van der Waals surface area contributed by atoms with Gasteiger partial charge in [-0.1, -0.05) is 6.08 Å². The molecule has 4 heterocycles. The summed E-state index contributed by atoms with van der Waals surface area (Å²) in [6, 6.07) is 2.11. The van der Waals surface area contributed by atoms with Gasteiger partial charge in [-0.25, -0.2) is 19.1 Å². The fourth-order valence-corrected chi connectivity index (χ4v) is 5.99. The topological polar surface area (TPSA) is 115 Å². The molecule has 40 heavy (non-hydrogen) atoms. The van der Waals surface area contributed by atoms with Crippen LogP contribution in [0.2, 0.25) is 0 Å². The Balaban J connectivity index is 1.17.